The zero-order valence-corrected chi connectivity index (χ0v) is 10.4. The van der Waals surface area contributed by atoms with Crippen molar-refractivity contribution < 1.29 is 14.6 Å². The minimum atomic E-state index is -0.668. The summed E-state index contributed by atoms with van der Waals surface area (Å²) in [5.74, 6) is -0.313. The van der Waals surface area contributed by atoms with E-state index >= 15 is 0 Å². The Morgan fingerprint density at radius 3 is 2.56 bits per heavy atom. The van der Waals surface area contributed by atoms with E-state index in [2.05, 4.69) is 12.2 Å². The first-order valence-corrected chi connectivity index (χ1v) is 5.67. The van der Waals surface area contributed by atoms with Crippen molar-refractivity contribution in [2.45, 2.75) is 31.7 Å². The summed E-state index contributed by atoms with van der Waals surface area (Å²) in [7, 11) is 0. The summed E-state index contributed by atoms with van der Waals surface area (Å²) in [5.41, 5.74) is 0.00678. The highest BCUT2D eigenvalue weighted by molar-refractivity contribution is 5.85. The van der Waals surface area contributed by atoms with Gasteiger partial charge in [-0.25, -0.2) is 0 Å². The molecule has 5 heteroatoms. The van der Waals surface area contributed by atoms with Crippen LogP contribution in [0.5, 0.6) is 0 Å². The van der Waals surface area contributed by atoms with Crippen LogP contribution < -0.4 is 5.32 Å². The summed E-state index contributed by atoms with van der Waals surface area (Å²) in [5, 5.41) is 12.4. The van der Waals surface area contributed by atoms with E-state index < -0.39 is 5.97 Å². The maximum absolute atomic E-state index is 10.9. The minimum Gasteiger partial charge on any atom is -0.481 e. The standard InChI is InChI=1S/C11H19NO3.ClH/c1-11(9-2-4-15-5-3-9)6-8(7-12-11)10(13)14;/h8-9,12H,2-7H2,1H3,(H,13,14);1H. The molecule has 2 rings (SSSR count). The first-order chi connectivity index (χ1) is 7.12. The molecule has 0 saturated carbocycles. The van der Waals surface area contributed by atoms with Crippen LogP contribution in [0.15, 0.2) is 0 Å². The van der Waals surface area contributed by atoms with Crippen LogP contribution in [0.25, 0.3) is 0 Å². The van der Waals surface area contributed by atoms with Crippen LogP contribution >= 0.6 is 12.4 Å². The van der Waals surface area contributed by atoms with Crippen molar-refractivity contribution in [3.05, 3.63) is 0 Å². The maximum Gasteiger partial charge on any atom is 0.307 e. The fourth-order valence-electron chi connectivity index (χ4n) is 2.83. The normalized spacial score (nSPS) is 35.7. The number of halogens is 1. The largest absolute Gasteiger partial charge is 0.481 e. The summed E-state index contributed by atoms with van der Waals surface area (Å²) >= 11 is 0. The van der Waals surface area contributed by atoms with E-state index in [0.29, 0.717) is 12.5 Å². The van der Waals surface area contributed by atoms with Crippen molar-refractivity contribution in [1.29, 1.82) is 0 Å². The van der Waals surface area contributed by atoms with Crippen molar-refractivity contribution in [2.24, 2.45) is 11.8 Å². The Morgan fingerprint density at radius 2 is 2.06 bits per heavy atom. The van der Waals surface area contributed by atoms with Gasteiger partial charge in [0.2, 0.25) is 0 Å². The third-order valence-corrected chi connectivity index (χ3v) is 3.89. The summed E-state index contributed by atoms with van der Waals surface area (Å²) in [6, 6.07) is 0. The molecule has 0 radical (unpaired) electrons. The van der Waals surface area contributed by atoms with Gasteiger partial charge in [0.1, 0.15) is 0 Å². The third-order valence-electron chi connectivity index (χ3n) is 3.89. The molecule has 2 atom stereocenters. The molecule has 0 aromatic carbocycles. The van der Waals surface area contributed by atoms with Gasteiger partial charge in [-0.3, -0.25) is 4.79 Å². The van der Waals surface area contributed by atoms with E-state index in [4.69, 9.17) is 9.84 Å². The highest BCUT2D eigenvalue weighted by Gasteiger charge is 2.43. The fraction of sp³-hybridized carbons (Fsp3) is 0.909. The van der Waals surface area contributed by atoms with Gasteiger partial charge in [-0.05, 0) is 32.1 Å². The number of hydrogen-bond donors (Lipinski definition) is 2. The molecule has 2 fully saturated rings. The monoisotopic (exact) mass is 249 g/mol. The molecule has 0 amide bonds. The molecule has 94 valence electrons. The molecule has 16 heavy (non-hydrogen) atoms. The van der Waals surface area contributed by atoms with Gasteiger partial charge < -0.3 is 15.2 Å². The first-order valence-electron chi connectivity index (χ1n) is 5.67. The lowest BCUT2D eigenvalue weighted by molar-refractivity contribution is -0.141. The van der Waals surface area contributed by atoms with Crippen LogP contribution in [0.3, 0.4) is 0 Å². The minimum absolute atomic E-state index is 0. The number of aliphatic carboxylic acids is 1. The van der Waals surface area contributed by atoms with E-state index in [1.807, 2.05) is 0 Å². The predicted molar refractivity (Wildman–Crippen MR) is 62.9 cm³/mol. The van der Waals surface area contributed by atoms with E-state index in [1.165, 1.54) is 0 Å². The van der Waals surface area contributed by atoms with Crippen LogP contribution in [-0.4, -0.2) is 36.4 Å². The molecule has 0 bridgehead atoms. The zero-order chi connectivity index (χ0) is 10.9. The average Bonchev–Trinajstić information content (AvgIpc) is 2.64. The second-order valence-electron chi connectivity index (χ2n) is 4.92. The summed E-state index contributed by atoms with van der Waals surface area (Å²) in [6.45, 7) is 4.41. The molecular weight excluding hydrogens is 230 g/mol. The summed E-state index contributed by atoms with van der Waals surface area (Å²) in [6.07, 6.45) is 2.86. The predicted octanol–water partition coefficient (Wildman–Crippen LogP) is 1.29. The number of nitrogens with one attached hydrogen (secondary N) is 1. The van der Waals surface area contributed by atoms with E-state index in [1.54, 1.807) is 0 Å². The Balaban J connectivity index is 0.00000128. The highest BCUT2D eigenvalue weighted by Crippen LogP contribution is 2.36. The van der Waals surface area contributed by atoms with Gasteiger partial charge in [-0.2, -0.15) is 0 Å². The molecule has 4 nitrogen and oxygen atoms in total. The molecular formula is C11H20ClNO3. The molecule has 2 heterocycles. The molecule has 2 saturated heterocycles. The number of carboxylic acids is 1. The van der Waals surface area contributed by atoms with Crippen molar-refractivity contribution >= 4 is 18.4 Å². The topological polar surface area (TPSA) is 58.6 Å². The molecule has 0 aromatic heterocycles. The van der Waals surface area contributed by atoms with Crippen LogP contribution in [-0.2, 0) is 9.53 Å². The molecule has 2 N–H and O–H groups in total. The van der Waals surface area contributed by atoms with Crippen molar-refractivity contribution in [2.75, 3.05) is 19.8 Å². The Morgan fingerprint density at radius 1 is 1.44 bits per heavy atom. The lowest BCUT2D eigenvalue weighted by Gasteiger charge is -2.37. The Hall–Kier alpha value is -0.320. The zero-order valence-electron chi connectivity index (χ0n) is 9.57. The van der Waals surface area contributed by atoms with E-state index in [0.717, 1.165) is 32.5 Å². The third kappa shape index (κ3) is 2.67. The number of carboxylic acid groups (broad SMARTS) is 1. The van der Waals surface area contributed by atoms with Crippen LogP contribution in [0.4, 0.5) is 0 Å². The average molecular weight is 250 g/mol. The van der Waals surface area contributed by atoms with Crippen LogP contribution in [0.1, 0.15) is 26.2 Å². The first kappa shape index (κ1) is 13.7. The maximum atomic E-state index is 10.9. The lowest BCUT2D eigenvalue weighted by Crippen LogP contribution is -2.46. The Kier molecular flexibility index (Phi) is 4.59. The van der Waals surface area contributed by atoms with Gasteiger partial charge in [-0.1, -0.05) is 0 Å². The van der Waals surface area contributed by atoms with Gasteiger partial charge in [0.05, 0.1) is 5.92 Å². The number of rotatable bonds is 2. The quantitative estimate of drug-likeness (QED) is 0.774. The van der Waals surface area contributed by atoms with Gasteiger partial charge in [0.15, 0.2) is 0 Å². The smallest absolute Gasteiger partial charge is 0.307 e. The van der Waals surface area contributed by atoms with Crippen LogP contribution in [0, 0.1) is 11.8 Å². The fourth-order valence-corrected chi connectivity index (χ4v) is 2.83. The van der Waals surface area contributed by atoms with Crippen LogP contribution in [0.2, 0.25) is 0 Å². The summed E-state index contributed by atoms with van der Waals surface area (Å²) in [4.78, 5) is 10.9. The Bertz CT molecular complexity index is 256. The lowest BCUT2D eigenvalue weighted by atomic mass is 9.78. The van der Waals surface area contributed by atoms with E-state index in [-0.39, 0.29) is 23.9 Å². The van der Waals surface area contributed by atoms with Gasteiger partial charge in [0.25, 0.3) is 0 Å². The summed E-state index contributed by atoms with van der Waals surface area (Å²) < 4.78 is 5.33. The molecule has 0 aliphatic carbocycles. The second kappa shape index (κ2) is 5.34. The molecule has 2 aliphatic heterocycles. The molecule has 2 unspecified atom stereocenters. The SMILES string of the molecule is CC1(C2CCOCC2)CC(C(=O)O)CN1.Cl. The number of hydrogen-bond acceptors (Lipinski definition) is 3. The van der Waals surface area contributed by atoms with Gasteiger partial charge >= 0.3 is 5.97 Å². The van der Waals surface area contributed by atoms with Crippen molar-refractivity contribution in [3.8, 4) is 0 Å². The Labute approximate surface area is 102 Å². The molecule has 2 aliphatic rings. The number of ether oxygens (including phenoxy) is 1. The molecule has 0 spiro atoms. The van der Waals surface area contributed by atoms with Crippen molar-refractivity contribution in [3.63, 3.8) is 0 Å². The highest BCUT2D eigenvalue weighted by atomic mass is 35.5. The number of carbonyl (C=O) groups is 1. The van der Waals surface area contributed by atoms with Crippen molar-refractivity contribution in [1.82, 2.24) is 5.32 Å². The van der Waals surface area contributed by atoms with E-state index in [9.17, 15) is 4.79 Å². The molecule has 0 aromatic rings. The second-order valence-corrected chi connectivity index (χ2v) is 4.92. The van der Waals surface area contributed by atoms with Gasteiger partial charge in [0, 0.05) is 25.3 Å². The van der Waals surface area contributed by atoms with Gasteiger partial charge in [-0.15, -0.1) is 12.4 Å².